The number of rotatable bonds is 17. The van der Waals surface area contributed by atoms with Crippen molar-refractivity contribution in [1.29, 1.82) is 0 Å². The van der Waals surface area contributed by atoms with Crippen molar-refractivity contribution in [2.24, 2.45) is 47.3 Å². The fraction of sp³-hybridized carbons (Fsp3) is 0.886. The lowest BCUT2D eigenvalue weighted by atomic mass is 9.81. The second-order valence-electron chi connectivity index (χ2n) is 18.5. The fourth-order valence-corrected chi connectivity index (χ4v) is 31.4. The van der Waals surface area contributed by atoms with Crippen LogP contribution in [0.5, 0.6) is 0 Å². The predicted molar refractivity (Wildman–Crippen MR) is 193 cm³/mol. The molecule has 2 heterocycles. The van der Waals surface area contributed by atoms with Gasteiger partial charge in [-0.2, -0.15) is 0 Å². The van der Waals surface area contributed by atoms with Crippen LogP contribution in [0.1, 0.15) is 45.4 Å². The van der Waals surface area contributed by atoms with Crippen molar-refractivity contribution in [3.63, 3.8) is 0 Å². The Morgan fingerprint density at radius 1 is 0.612 bits per heavy atom. The molecule has 276 valence electrons. The Labute approximate surface area is 296 Å². The van der Waals surface area contributed by atoms with Crippen LogP contribution < -0.4 is 0 Å². The van der Waals surface area contributed by atoms with Crippen LogP contribution in [0, 0.1) is 47.3 Å². The lowest BCUT2D eigenvalue weighted by Crippen LogP contribution is -2.50. The third kappa shape index (κ3) is 7.58. The van der Waals surface area contributed by atoms with Crippen LogP contribution in [-0.4, -0.2) is 83.1 Å². The molecular formula is C35H60O10Si4. The third-order valence-corrected chi connectivity index (χ3v) is 29.8. The summed E-state index contributed by atoms with van der Waals surface area (Å²) in [6.45, 7) is 22.5. The van der Waals surface area contributed by atoms with E-state index in [0.29, 0.717) is 30.9 Å². The summed E-state index contributed by atoms with van der Waals surface area (Å²) in [5.41, 5.74) is 0.813. The van der Waals surface area contributed by atoms with Gasteiger partial charge < -0.3 is 27.2 Å². The molecule has 0 aromatic heterocycles. The number of hydrogen-bond acceptors (Lipinski definition) is 10. The van der Waals surface area contributed by atoms with Gasteiger partial charge in [-0.05, 0) is 145 Å². The Morgan fingerprint density at radius 2 is 1.02 bits per heavy atom. The molecule has 0 aromatic carbocycles. The number of carbonyl (C=O) groups excluding carboxylic acids is 4. The van der Waals surface area contributed by atoms with E-state index in [1.54, 1.807) is 0 Å². The van der Waals surface area contributed by atoms with Gasteiger partial charge in [0.1, 0.15) is 0 Å². The topological polar surface area (TPSA) is 124 Å². The SMILES string of the molecule is CC(COCCC[Si](C)(C)O[Si](C)(C)C1CC2CC1C1C(=O)OC(=O)C21)OCCC[Si](C)(C)O[Si](C)(C)C1CC2CC1C1C(=O)OC(=O)C21. The molecule has 0 N–H and O–H groups in total. The Bertz CT molecular complexity index is 1320. The second-order valence-corrected chi connectivity index (χ2v) is 36.0. The average molecular weight is 753 g/mol. The molecule has 4 bridgehead atoms. The van der Waals surface area contributed by atoms with E-state index >= 15 is 0 Å². The maximum atomic E-state index is 12.4. The second kappa shape index (κ2) is 13.8. The van der Waals surface area contributed by atoms with Crippen molar-refractivity contribution in [2.45, 2.75) is 127 Å². The molecule has 11 atom stereocenters. The molecule has 0 amide bonds. The van der Waals surface area contributed by atoms with Crippen molar-refractivity contribution < 1.29 is 46.4 Å². The maximum Gasteiger partial charge on any atom is 0.317 e. The van der Waals surface area contributed by atoms with E-state index in [9.17, 15) is 19.2 Å². The van der Waals surface area contributed by atoms with Crippen molar-refractivity contribution in [1.82, 2.24) is 0 Å². The molecule has 2 saturated heterocycles. The van der Waals surface area contributed by atoms with E-state index in [4.69, 9.17) is 27.2 Å². The standard InChI is InChI=1S/C35H60O10Si4/c1-21(41-13-11-15-47(4,5)45-49(8,9)27-19-23-17-25(27)31-29(23)33(37)43-35(31)39)20-40-12-10-14-46(2,3)44-48(6,7)26-18-22-16-24(26)30-28(22)32(36)42-34(30)38/h21-31H,10-20H2,1-9H3. The van der Waals surface area contributed by atoms with Gasteiger partial charge in [-0.3, -0.25) is 19.2 Å². The molecule has 0 aromatic rings. The zero-order valence-electron chi connectivity index (χ0n) is 31.2. The zero-order valence-corrected chi connectivity index (χ0v) is 35.2. The molecule has 10 nitrogen and oxygen atoms in total. The number of cyclic esters (lactones) is 4. The molecule has 0 radical (unpaired) electrons. The van der Waals surface area contributed by atoms with E-state index in [1.165, 1.54) is 0 Å². The summed E-state index contributed by atoms with van der Waals surface area (Å²) in [5.74, 6) is -1.01. The lowest BCUT2D eigenvalue weighted by molar-refractivity contribution is -0.156. The van der Waals surface area contributed by atoms with Crippen LogP contribution in [0.25, 0.3) is 0 Å². The van der Waals surface area contributed by atoms with Gasteiger partial charge in [-0.15, -0.1) is 0 Å². The largest absolute Gasteiger partial charge is 0.455 e. The Hall–Kier alpha value is -1.01. The van der Waals surface area contributed by atoms with Crippen molar-refractivity contribution >= 4 is 57.1 Å². The van der Waals surface area contributed by atoms with Crippen LogP contribution in [0.4, 0.5) is 0 Å². The van der Waals surface area contributed by atoms with Crippen LogP contribution in [-0.2, 0) is 46.4 Å². The smallest absolute Gasteiger partial charge is 0.317 e. The summed E-state index contributed by atoms with van der Waals surface area (Å²) in [5, 5.41) is 0. The number of ether oxygens (including phenoxy) is 4. The maximum absolute atomic E-state index is 12.4. The van der Waals surface area contributed by atoms with Gasteiger partial charge in [0.2, 0.25) is 0 Å². The number of fused-ring (bicyclic) bond motifs is 10. The third-order valence-electron chi connectivity index (χ3n) is 13.1. The first-order valence-electron chi connectivity index (χ1n) is 18.9. The molecule has 49 heavy (non-hydrogen) atoms. The molecule has 2 aliphatic heterocycles. The highest BCUT2D eigenvalue weighted by molar-refractivity contribution is 6.86. The van der Waals surface area contributed by atoms with Crippen LogP contribution >= 0.6 is 0 Å². The van der Waals surface area contributed by atoms with Gasteiger partial charge in [-0.1, -0.05) is 0 Å². The normalized spacial score (nSPS) is 36.0. The molecular weight excluding hydrogens is 693 g/mol. The molecule has 4 aliphatic carbocycles. The Morgan fingerprint density at radius 3 is 1.47 bits per heavy atom. The minimum Gasteiger partial charge on any atom is -0.455 e. The van der Waals surface area contributed by atoms with Crippen LogP contribution in [0.3, 0.4) is 0 Å². The van der Waals surface area contributed by atoms with E-state index < -0.39 is 33.3 Å². The predicted octanol–water partition coefficient (Wildman–Crippen LogP) is 6.49. The van der Waals surface area contributed by atoms with E-state index in [0.717, 1.165) is 50.6 Å². The minimum absolute atomic E-state index is 0.0241. The van der Waals surface area contributed by atoms with Crippen molar-refractivity contribution in [3.05, 3.63) is 0 Å². The quantitative estimate of drug-likeness (QED) is 0.0705. The molecule has 6 aliphatic rings. The van der Waals surface area contributed by atoms with Gasteiger partial charge >= 0.3 is 23.9 Å². The summed E-state index contributed by atoms with van der Waals surface area (Å²) < 4.78 is 36.2. The Kier molecular flexibility index (Phi) is 10.6. The summed E-state index contributed by atoms with van der Waals surface area (Å²) in [6, 6.07) is 2.05. The highest BCUT2D eigenvalue weighted by Crippen LogP contribution is 2.64. The summed E-state index contributed by atoms with van der Waals surface area (Å²) in [7, 11) is -8.02. The molecule has 0 spiro atoms. The average Bonchev–Trinajstić information content (AvgIpc) is 3.81. The highest BCUT2D eigenvalue weighted by Gasteiger charge is 2.67. The Balaban J connectivity index is 0.848. The molecule has 14 heteroatoms. The van der Waals surface area contributed by atoms with Gasteiger partial charge in [-0.25, -0.2) is 0 Å². The summed E-state index contributed by atoms with van der Waals surface area (Å²) >= 11 is 0. The minimum atomic E-state index is -2.08. The van der Waals surface area contributed by atoms with Crippen LogP contribution in [0.15, 0.2) is 0 Å². The fourth-order valence-electron chi connectivity index (χ4n) is 11.5. The summed E-state index contributed by atoms with van der Waals surface area (Å²) in [4.78, 5) is 49.2. The monoisotopic (exact) mass is 752 g/mol. The molecule has 6 fully saturated rings. The van der Waals surface area contributed by atoms with E-state index in [1.807, 2.05) is 0 Å². The van der Waals surface area contributed by atoms with Gasteiger partial charge in [0.05, 0.1) is 36.4 Å². The van der Waals surface area contributed by atoms with E-state index in [-0.39, 0.29) is 77.3 Å². The molecule has 11 unspecified atom stereocenters. The molecule has 6 rings (SSSR count). The number of carbonyl (C=O) groups is 4. The van der Waals surface area contributed by atoms with Crippen molar-refractivity contribution in [2.75, 3.05) is 19.8 Å². The first-order chi connectivity index (χ1) is 22.8. The van der Waals surface area contributed by atoms with Gasteiger partial charge in [0, 0.05) is 13.2 Å². The molecule has 4 saturated carbocycles. The number of hydrogen-bond donors (Lipinski definition) is 0. The van der Waals surface area contributed by atoms with Crippen LogP contribution in [0.2, 0.25) is 75.5 Å². The first kappa shape index (κ1) is 37.7. The van der Waals surface area contributed by atoms with Crippen molar-refractivity contribution in [3.8, 4) is 0 Å². The zero-order chi connectivity index (χ0) is 35.7. The lowest BCUT2D eigenvalue weighted by Gasteiger charge is -2.42. The summed E-state index contributed by atoms with van der Waals surface area (Å²) in [6.07, 6.45) is 5.86. The number of esters is 4. The van der Waals surface area contributed by atoms with Gasteiger partial charge in [0.15, 0.2) is 33.3 Å². The first-order valence-corrected chi connectivity index (χ1v) is 31.1. The van der Waals surface area contributed by atoms with E-state index in [2.05, 4.69) is 59.3 Å². The highest BCUT2D eigenvalue weighted by atomic mass is 28.4. The van der Waals surface area contributed by atoms with Gasteiger partial charge in [0.25, 0.3) is 0 Å².